The Bertz CT molecular complexity index is 768. The van der Waals surface area contributed by atoms with Crippen LogP contribution in [0.15, 0.2) is 35.6 Å². The summed E-state index contributed by atoms with van der Waals surface area (Å²) in [6.07, 6.45) is -3.80. The molecule has 0 radical (unpaired) electrons. The third-order valence-electron chi connectivity index (χ3n) is 3.71. The predicted molar refractivity (Wildman–Crippen MR) is 84.9 cm³/mol. The molecule has 1 aromatic heterocycles. The average molecular weight is 356 g/mol. The zero-order valence-electron chi connectivity index (χ0n) is 13.0. The van der Waals surface area contributed by atoms with Crippen molar-refractivity contribution in [3.8, 4) is 10.6 Å². The Morgan fingerprint density at radius 2 is 1.83 bits per heavy atom. The minimum Gasteiger partial charge on any atom is -0.350 e. The van der Waals surface area contributed by atoms with E-state index in [1.165, 1.54) is 0 Å². The summed E-state index contributed by atoms with van der Waals surface area (Å²) in [5, 5.41) is 13.7. The van der Waals surface area contributed by atoms with Crippen LogP contribution in [0.5, 0.6) is 0 Å². The molecule has 1 aromatic carbocycles. The van der Waals surface area contributed by atoms with Gasteiger partial charge in [-0.05, 0) is 11.5 Å². The van der Waals surface area contributed by atoms with E-state index in [2.05, 4.69) is 28.8 Å². The zero-order valence-corrected chi connectivity index (χ0v) is 13.8. The van der Waals surface area contributed by atoms with Crippen LogP contribution in [-0.4, -0.2) is 27.8 Å². The van der Waals surface area contributed by atoms with Crippen LogP contribution in [0.1, 0.15) is 36.6 Å². The number of thiazole rings is 1. The van der Waals surface area contributed by atoms with Gasteiger partial charge in [-0.15, -0.1) is 11.3 Å². The van der Waals surface area contributed by atoms with E-state index in [1.807, 2.05) is 6.20 Å². The van der Waals surface area contributed by atoms with Crippen molar-refractivity contribution in [2.24, 2.45) is 5.16 Å². The molecular formula is C16H15F3N2O2S. The fraction of sp³-hybridized carbons (Fsp3) is 0.375. The van der Waals surface area contributed by atoms with Gasteiger partial charge in [-0.1, -0.05) is 43.3 Å². The van der Waals surface area contributed by atoms with E-state index in [0.29, 0.717) is 11.5 Å². The SMILES string of the molecule is CC(C)c1cnc(-c2ccc(C3=NOC(O)(C(F)(F)F)C3)cc2)s1. The normalized spacial score (nSPS) is 21.0. The summed E-state index contributed by atoms with van der Waals surface area (Å²) in [5.74, 6) is -2.86. The first kappa shape index (κ1) is 16.9. The summed E-state index contributed by atoms with van der Waals surface area (Å²) < 4.78 is 38.2. The van der Waals surface area contributed by atoms with E-state index in [-0.39, 0.29) is 5.71 Å². The summed E-state index contributed by atoms with van der Waals surface area (Å²) in [6.45, 7) is 4.17. The fourth-order valence-electron chi connectivity index (χ4n) is 2.22. The second-order valence-electron chi connectivity index (χ2n) is 5.89. The van der Waals surface area contributed by atoms with Gasteiger partial charge in [0.1, 0.15) is 5.01 Å². The van der Waals surface area contributed by atoms with Crippen LogP contribution >= 0.6 is 11.3 Å². The van der Waals surface area contributed by atoms with Crippen molar-refractivity contribution >= 4 is 17.0 Å². The molecule has 1 aliphatic heterocycles. The van der Waals surface area contributed by atoms with Crippen molar-refractivity contribution in [1.29, 1.82) is 0 Å². The number of alkyl halides is 3. The van der Waals surface area contributed by atoms with Crippen LogP contribution in [0.2, 0.25) is 0 Å². The number of hydrogen-bond acceptors (Lipinski definition) is 5. The fourth-order valence-corrected chi connectivity index (χ4v) is 3.14. The number of nitrogens with zero attached hydrogens (tertiary/aromatic N) is 2. The molecule has 0 aliphatic carbocycles. The highest BCUT2D eigenvalue weighted by Crippen LogP contribution is 2.39. The molecule has 0 saturated heterocycles. The van der Waals surface area contributed by atoms with E-state index < -0.39 is 18.4 Å². The summed E-state index contributed by atoms with van der Waals surface area (Å²) in [6, 6.07) is 6.84. The lowest BCUT2D eigenvalue weighted by Gasteiger charge is -2.22. The third kappa shape index (κ3) is 3.03. The number of aliphatic hydroxyl groups is 1. The lowest BCUT2D eigenvalue weighted by atomic mass is 10.0. The van der Waals surface area contributed by atoms with Crippen LogP contribution < -0.4 is 0 Å². The second kappa shape index (κ2) is 5.86. The monoisotopic (exact) mass is 356 g/mol. The van der Waals surface area contributed by atoms with Crippen molar-refractivity contribution in [2.45, 2.75) is 38.1 Å². The molecule has 2 aromatic rings. The maximum absolute atomic E-state index is 12.7. The van der Waals surface area contributed by atoms with Gasteiger partial charge in [-0.2, -0.15) is 13.2 Å². The number of rotatable bonds is 3. The number of halogens is 3. The Balaban J connectivity index is 1.78. The van der Waals surface area contributed by atoms with Crippen molar-refractivity contribution in [3.05, 3.63) is 40.9 Å². The molecule has 0 bridgehead atoms. The summed E-state index contributed by atoms with van der Waals surface area (Å²) >= 11 is 1.58. The molecule has 1 unspecified atom stereocenters. The number of oxime groups is 1. The Kier molecular flexibility index (Phi) is 4.13. The summed E-state index contributed by atoms with van der Waals surface area (Å²) in [5.41, 5.74) is 1.41. The van der Waals surface area contributed by atoms with Crippen LogP contribution in [0, 0.1) is 0 Å². The first-order valence-electron chi connectivity index (χ1n) is 7.30. The quantitative estimate of drug-likeness (QED) is 0.892. The van der Waals surface area contributed by atoms with E-state index in [9.17, 15) is 18.3 Å². The van der Waals surface area contributed by atoms with Gasteiger partial charge in [-0.25, -0.2) is 4.98 Å². The maximum atomic E-state index is 12.7. The van der Waals surface area contributed by atoms with E-state index in [4.69, 9.17) is 0 Å². The first-order valence-corrected chi connectivity index (χ1v) is 8.12. The molecule has 0 saturated carbocycles. The van der Waals surface area contributed by atoms with Gasteiger partial charge >= 0.3 is 12.0 Å². The summed E-state index contributed by atoms with van der Waals surface area (Å²) in [4.78, 5) is 9.75. The molecule has 1 N–H and O–H groups in total. The average Bonchev–Trinajstić information content (AvgIpc) is 3.14. The van der Waals surface area contributed by atoms with Crippen molar-refractivity contribution in [1.82, 2.24) is 4.98 Å². The van der Waals surface area contributed by atoms with Gasteiger partial charge in [0.15, 0.2) is 0 Å². The molecule has 8 heteroatoms. The minimum absolute atomic E-state index is 0.0587. The van der Waals surface area contributed by atoms with Crippen molar-refractivity contribution < 1.29 is 23.1 Å². The van der Waals surface area contributed by atoms with Gasteiger partial charge in [0.05, 0.1) is 12.1 Å². The second-order valence-corrected chi connectivity index (χ2v) is 6.95. The van der Waals surface area contributed by atoms with E-state index in [0.717, 1.165) is 15.4 Å². The van der Waals surface area contributed by atoms with Gasteiger partial charge < -0.3 is 9.94 Å². The Morgan fingerprint density at radius 1 is 1.21 bits per heavy atom. The highest BCUT2D eigenvalue weighted by molar-refractivity contribution is 7.15. The summed E-state index contributed by atoms with van der Waals surface area (Å²) in [7, 11) is 0. The number of hydrogen-bond donors (Lipinski definition) is 1. The van der Waals surface area contributed by atoms with Crippen LogP contribution in [0.25, 0.3) is 10.6 Å². The standard InChI is InChI=1S/C16H15F3N2O2S/c1-9(2)13-8-20-14(24-13)11-5-3-10(4-6-11)12-7-15(22,23-21-12)16(17,18)19/h3-6,8-9,22H,7H2,1-2H3. The lowest BCUT2D eigenvalue weighted by molar-refractivity contribution is -0.355. The Labute approximate surface area is 140 Å². The number of aromatic nitrogens is 1. The molecule has 128 valence electrons. The molecule has 4 nitrogen and oxygen atoms in total. The number of benzene rings is 1. The first-order chi connectivity index (χ1) is 11.2. The largest absolute Gasteiger partial charge is 0.458 e. The van der Waals surface area contributed by atoms with Gasteiger partial charge in [0, 0.05) is 16.6 Å². The van der Waals surface area contributed by atoms with E-state index >= 15 is 0 Å². The molecular weight excluding hydrogens is 341 g/mol. The zero-order chi connectivity index (χ0) is 17.5. The van der Waals surface area contributed by atoms with Crippen LogP contribution in [0.4, 0.5) is 13.2 Å². The van der Waals surface area contributed by atoms with Crippen LogP contribution in [0.3, 0.4) is 0 Å². The third-order valence-corrected chi connectivity index (χ3v) is 5.06. The topological polar surface area (TPSA) is 54.7 Å². The Hall–Kier alpha value is -1.93. The maximum Gasteiger partial charge on any atom is 0.458 e. The molecule has 0 spiro atoms. The molecule has 3 rings (SSSR count). The lowest BCUT2D eigenvalue weighted by Crippen LogP contribution is -2.45. The molecule has 1 atom stereocenters. The van der Waals surface area contributed by atoms with Crippen LogP contribution in [-0.2, 0) is 4.84 Å². The van der Waals surface area contributed by atoms with E-state index in [1.54, 1.807) is 35.6 Å². The Morgan fingerprint density at radius 3 is 2.33 bits per heavy atom. The van der Waals surface area contributed by atoms with Crippen molar-refractivity contribution in [2.75, 3.05) is 0 Å². The molecule has 24 heavy (non-hydrogen) atoms. The molecule has 2 heterocycles. The van der Waals surface area contributed by atoms with Gasteiger partial charge in [0.25, 0.3) is 0 Å². The molecule has 1 aliphatic rings. The van der Waals surface area contributed by atoms with Crippen molar-refractivity contribution in [3.63, 3.8) is 0 Å². The van der Waals surface area contributed by atoms with Gasteiger partial charge in [-0.3, -0.25) is 0 Å². The molecule has 0 fully saturated rings. The molecule has 0 amide bonds. The highest BCUT2D eigenvalue weighted by Gasteiger charge is 2.60. The minimum atomic E-state index is -4.90. The predicted octanol–water partition coefficient (Wildman–Crippen LogP) is 4.31. The van der Waals surface area contributed by atoms with Gasteiger partial charge in [0.2, 0.25) is 0 Å². The highest BCUT2D eigenvalue weighted by atomic mass is 32.1. The smallest absolute Gasteiger partial charge is 0.350 e.